The van der Waals surface area contributed by atoms with Gasteiger partial charge in [-0.25, -0.2) is 9.37 Å². The molecule has 2 heterocycles. The van der Waals surface area contributed by atoms with Gasteiger partial charge >= 0.3 is 0 Å². The van der Waals surface area contributed by atoms with E-state index in [1.807, 2.05) is 6.92 Å². The Morgan fingerprint density at radius 3 is 3.09 bits per heavy atom. The van der Waals surface area contributed by atoms with Crippen molar-refractivity contribution in [3.05, 3.63) is 52.3 Å². The Kier molecular flexibility index (Phi) is 4.63. The number of carbonyl (C=O) groups is 1. The van der Waals surface area contributed by atoms with Crippen molar-refractivity contribution in [2.45, 2.75) is 19.4 Å². The number of aryl methyl sites for hydroxylation is 1. The summed E-state index contributed by atoms with van der Waals surface area (Å²) in [6.45, 7) is 3.35. The minimum Gasteiger partial charge on any atom is -0.367 e. The third kappa shape index (κ3) is 3.71. The fourth-order valence-electron chi connectivity index (χ4n) is 2.57. The highest BCUT2D eigenvalue weighted by atomic mass is 35.5. The van der Waals surface area contributed by atoms with Gasteiger partial charge in [-0.15, -0.1) is 0 Å². The Hall–Kier alpha value is -1.92. The molecule has 0 spiro atoms. The Morgan fingerprint density at radius 1 is 1.57 bits per heavy atom. The summed E-state index contributed by atoms with van der Waals surface area (Å²) >= 11 is 5.76. The lowest BCUT2D eigenvalue weighted by atomic mass is 10.1. The molecular formula is C16H17ClFN3O2. The number of halogens is 2. The number of hydrogen-bond acceptors (Lipinski definition) is 3. The molecule has 0 bridgehead atoms. The van der Waals surface area contributed by atoms with E-state index in [1.54, 1.807) is 17.2 Å². The Balaban J connectivity index is 1.65. The molecule has 7 heteroatoms. The number of hydrogen-bond donors (Lipinski definition) is 1. The summed E-state index contributed by atoms with van der Waals surface area (Å²) in [5.41, 5.74) is 1.64. The molecule has 1 fully saturated rings. The van der Waals surface area contributed by atoms with E-state index in [0.717, 1.165) is 11.5 Å². The summed E-state index contributed by atoms with van der Waals surface area (Å²) < 4.78 is 18.9. The van der Waals surface area contributed by atoms with Crippen LogP contribution in [0.2, 0.25) is 5.02 Å². The molecule has 1 aromatic heterocycles. The highest BCUT2D eigenvalue weighted by Gasteiger charge is 2.27. The predicted octanol–water partition coefficient (Wildman–Crippen LogP) is 2.65. The number of nitrogens with zero attached hydrogens (tertiary/aromatic N) is 2. The van der Waals surface area contributed by atoms with Gasteiger partial charge in [-0.05, 0) is 24.6 Å². The zero-order chi connectivity index (χ0) is 16.4. The van der Waals surface area contributed by atoms with Gasteiger partial charge in [0.15, 0.2) is 0 Å². The van der Waals surface area contributed by atoms with Gasteiger partial charge in [0.25, 0.3) is 0 Å². The second-order valence-electron chi connectivity index (χ2n) is 5.58. The Morgan fingerprint density at radius 2 is 2.39 bits per heavy atom. The van der Waals surface area contributed by atoms with Crippen molar-refractivity contribution in [1.82, 2.24) is 14.9 Å². The number of ether oxygens (including phenoxy) is 1. The van der Waals surface area contributed by atoms with Crippen LogP contribution in [0.25, 0.3) is 0 Å². The van der Waals surface area contributed by atoms with Crippen molar-refractivity contribution in [2.24, 2.45) is 0 Å². The van der Waals surface area contributed by atoms with Gasteiger partial charge in [-0.2, -0.15) is 0 Å². The third-order valence-corrected chi connectivity index (χ3v) is 4.08. The molecule has 0 radical (unpaired) electrons. The number of benzene rings is 1. The van der Waals surface area contributed by atoms with Crippen molar-refractivity contribution in [3.8, 4) is 0 Å². The maximum absolute atomic E-state index is 13.2. The van der Waals surface area contributed by atoms with Crippen molar-refractivity contribution >= 4 is 17.5 Å². The fraction of sp³-hybridized carbons (Fsp3) is 0.375. The second-order valence-corrected chi connectivity index (χ2v) is 5.98. The first-order valence-electron chi connectivity index (χ1n) is 7.38. The molecule has 1 N–H and O–H groups in total. The van der Waals surface area contributed by atoms with Gasteiger partial charge in [-0.1, -0.05) is 17.7 Å². The number of nitrogens with one attached hydrogen (secondary N) is 1. The first-order chi connectivity index (χ1) is 11.0. The van der Waals surface area contributed by atoms with E-state index in [2.05, 4.69) is 9.97 Å². The molecule has 1 atom stereocenters. The maximum Gasteiger partial charge on any atom is 0.227 e. The number of amides is 1. The largest absolute Gasteiger partial charge is 0.367 e. The average molecular weight is 338 g/mol. The maximum atomic E-state index is 13.2. The summed E-state index contributed by atoms with van der Waals surface area (Å²) in [6, 6.07) is 4.34. The van der Waals surface area contributed by atoms with E-state index in [0.29, 0.717) is 25.3 Å². The lowest BCUT2D eigenvalue weighted by Gasteiger charge is -2.32. The van der Waals surface area contributed by atoms with Crippen molar-refractivity contribution in [1.29, 1.82) is 0 Å². The van der Waals surface area contributed by atoms with Gasteiger partial charge < -0.3 is 14.6 Å². The first-order valence-corrected chi connectivity index (χ1v) is 7.75. The molecule has 1 saturated heterocycles. The number of morpholine rings is 1. The molecule has 1 aliphatic heterocycles. The van der Waals surface area contributed by atoms with Gasteiger partial charge in [0.2, 0.25) is 5.91 Å². The molecule has 1 amide bonds. The van der Waals surface area contributed by atoms with E-state index < -0.39 is 5.82 Å². The van der Waals surface area contributed by atoms with Gasteiger partial charge in [0.1, 0.15) is 17.7 Å². The average Bonchev–Trinajstić information content (AvgIpc) is 2.98. The molecule has 23 heavy (non-hydrogen) atoms. The van der Waals surface area contributed by atoms with Crippen LogP contribution in [0.15, 0.2) is 24.4 Å². The summed E-state index contributed by atoms with van der Waals surface area (Å²) in [5, 5.41) is 0.0289. The molecule has 0 aliphatic carbocycles. The molecule has 3 rings (SSSR count). The molecule has 2 aromatic rings. The predicted molar refractivity (Wildman–Crippen MR) is 83.7 cm³/mol. The van der Waals surface area contributed by atoms with Crippen molar-refractivity contribution in [3.63, 3.8) is 0 Å². The molecular weight excluding hydrogens is 321 g/mol. The molecule has 0 saturated carbocycles. The van der Waals surface area contributed by atoms with Crippen LogP contribution in [0.1, 0.15) is 23.2 Å². The molecule has 122 valence electrons. The summed E-state index contributed by atoms with van der Waals surface area (Å²) in [4.78, 5) is 21.6. The standard InChI is InChI=1S/C16H17ClFN3O2/c1-10-8-19-16(20-10)14-9-21(4-5-23-14)15(22)7-11-2-3-13(18)12(17)6-11/h2-3,6,8,14H,4-5,7,9H2,1H3,(H,19,20)/t14-/m0/s1. The van der Waals surface area contributed by atoms with Crippen LogP contribution in [0.5, 0.6) is 0 Å². The van der Waals surface area contributed by atoms with Crippen LogP contribution < -0.4 is 0 Å². The third-order valence-electron chi connectivity index (χ3n) is 3.79. The summed E-state index contributed by atoms with van der Waals surface area (Å²) in [7, 11) is 0. The van der Waals surface area contributed by atoms with Crippen molar-refractivity contribution < 1.29 is 13.9 Å². The number of aromatic amines is 1. The number of imidazole rings is 1. The summed E-state index contributed by atoms with van der Waals surface area (Å²) in [6.07, 6.45) is 1.67. The fourth-order valence-corrected chi connectivity index (χ4v) is 2.78. The second kappa shape index (κ2) is 6.68. The van der Waals surface area contributed by atoms with Crippen LogP contribution in [-0.2, 0) is 16.0 Å². The molecule has 1 aromatic carbocycles. The van der Waals surface area contributed by atoms with Crippen LogP contribution in [-0.4, -0.2) is 40.5 Å². The quantitative estimate of drug-likeness (QED) is 0.936. The van der Waals surface area contributed by atoms with Crippen LogP contribution in [0.4, 0.5) is 4.39 Å². The Bertz CT molecular complexity index is 719. The van der Waals surface area contributed by atoms with E-state index in [1.165, 1.54) is 12.1 Å². The molecule has 5 nitrogen and oxygen atoms in total. The SMILES string of the molecule is Cc1cnc([C@@H]2CN(C(=O)Cc3ccc(F)c(Cl)c3)CCO2)[nH]1. The molecule has 1 aliphatic rings. The topological polar surface area (TPSA) is 58.2 Å². The first kappa shape index (κ1) is 16.0. The van der Waals surface area contributed by atoms with E-state index >= 15 is 0 Å². The monoisotopic (exact) mass is 337 g/mol. The number of aromatic nitrogens is 2. The minimum absolute atomic E-state index is 0.0289. The zero-order valence-corrected chi connectivity index (χ0v) is 13.4. The van der Waals surface area contributed by atoms with Crippen molar-refractivity contribution in [2.75, 3.05) is 19.7 Å². The van der Waals surface area contributed by atoms with E-state index in [-0.39, 0.29) is 23.5 Å². The number of rotatable bonds is 3. The normalized spacial score (nSPS) is 18.2. The molecule has 0 unspecified atom stereocenters. The lowest BCUT2D eigenvalue weighted by Crippen LogP contribution is -2.43. The zero-order valence-electron chi connectivity index (χ0n) is 12.7. The van der Waals surface area contributed by atoms with Crippen LogP contribution in [0, 0.1) is 12.7 Å². The van der Waals surface area contributed by atoms with E-state index in [4.69, 9.17) is 16.3 Å². The summed E-state index contributed by atoms with van der Waals surface area (Å²) in [5.74, 6) is 0.205. The van der Waals surface area contributed by atoms with Gasteiger partial charge in [0.05, 0.1) is 24.6 Å². The highest BCUT2D eigenvalue weighted by Crippen LogP contribution is 2.21. The van der Waals surface area contributed by atoms with Gasteiger partial charge in [-0.3, -0.25) is 4.79 Å². The Labute approximate surface area is 138 Å². The van der Waals surface area contributed by atoms with E-state index in [9.17, 15) is 9.18 Å². The minimum atomic E-state index is -0.484. The van der Waals surface area contributed by atoms with Gasteiger partial charge in [0, 0.05) is 18.4 Å². The highest BCUT2D eigenvalue weighted by molar-refractivity contribution is 6.30. The number of H-pyrrole nitrogens is 1. The van der Waals surface area contributed by atoms with Crippen LogP contribution >= 0.6 is 11.6 Å². The smallest absolute Gasteiger partial charge is 0.227 e. The number of carbonyl (C=O) groups excluding carboxylic acids is 1. The van der Waals surface area contributed by atoms with Crippen LogP contribution in [0.3, 0.4) is 0 Å². The lowest BCUT2D eigenvalue weighted by molar-refractivity contribution is -0.138.